The number of hydrogen-bond acceptors (Lipinski definition) is 3. The third-order valence-electron chi connectivity index (χ3n) is 5.24. The Morgan fingerprint density at radius 2 is 1.89 bits per heavy atom. The van der Waals surface area contributed by atoms with Gasteiger partial charge in [0.25, 0.3) is 5.91 Å². The molecule has 5 nitrogen and oxygen atoms in total. The van der Waals surface area contributed by atoms with Crippen LogP contribution in [0.2, 0.25) is 0 Å². The highest BCUT2D eigenvalue weighted by Crippen LogP contribution is 2.29. The van der Waals surface area contributed by atoms with Gasteiger partial charge in [-0.2, -0.15) is 0 Å². The number of carbonyl (C=O) groups excluding carboxylic acids is 2. The van der Waals surface area contributed by atoms with Crippen LogP contribution in [0.25, 0.3) is 0 Å². The molecule has 0 N–H and O–H groups in total. The minimum atomic E-state index is -0.115. The Hall–Kier alpha value is -2.82. The van der Waals surface area contributed by atoms with E-state index in [0.717, 1.165) is 29.8 Å². The van der Waals surface area contributed by atoms with Crippen molar-refractivity contribution in [3.63, 3.8) is 0 Å². The van der Waals surface area contributed by atoms with E-state index >= 15 is 0 Å². The first kappa shape index (κ1) is 19.0. The molecule has 5 heteroatoms. The van der Waals surface area contributed by atoms with Gasteiger partial charge in [-0.3, -0.25) is 9.59 Å². The van der Waals surface area contributed by atoms with Gasteiger partial charge >= 0.3 is 0 Å². The van der Waals surface area contributed by atoms with Crippen LogP contribution in [0, 0.1) is 0 Å². The van der Waals surface area contributed by atoms with Crippen LogP contribution in [0.4, 0.5) is 0 Å². The quantitative estimate of drug-likeness (QED) is 0.784. The normalized spacial score (nSPS) is 14.9. The number of amides is 2. The second kappa shape index (κ2) is 8.25. The van der Waals surface area contributed by atoms with Crippen LogP contribution in [0.15, 0.2) is 48.5 Å². The summed E-state index contributed by atoms with van der Waals surface area (Å²) in [6.07, 6.45) is 1.57. The summed E-state index contributed by atoms with van der Waals surface area (Å²) in [5.74, 6) is 0.938. The maximum absolute atomic E-state index is 12.9. The van der Waals surface area contributed by atoms with Crippen molar-refractivity contribution < 1.29 is 14.3 Å². The largest absolute Gasteiger partial charge is 0.496 e. The van der Waals surface area contributed by atoms with Gasteiger partial charge in [-0.15, -0.1) is 0 Å². The van der Waals surface area contributed by atoms with E-state index in [4.69, 9.17) is 4.74 Å². The third-order valence-corrected chi connectivity index (χ3v) is 5.24. The SMILES string of the molecule is COc1ccccc1[C@H](C)N(C)C(=O)c1ccc(CN2CCCC2=O)cc1. The van der Waals surface area contributed by atoms with Crippen LogP contribution in [0.1, 0.15) is 47.3 Å². The van der Waals surface area contributed by atoms with Crippen LogP contribution < -0.4 is 4.74 Å². The van der Waals surface area contributed by atoms with Gasteiger partial charge in [0.15, 0.2) is 0 Å². The minimum absolute atomic E-state index is 0.0443. The van der Waals surface area contributed by atoms with E-state index in [1.165, 1.54) is 0 Å². The van der Waals surface area contributed by atoms with Gasteiger partial charge in [0.1, 0.15) is 5.75 Å². The summed E-state index contributed by atoms with van der Waals surface area (Å²) in [6, 6.07) is 15.2. The molecule has 2 amide bonds. The predicted molar refractivity (Wildman–Crippen MR) is 105 cm³/mol. The van der Waals surface area contributed by atoms with Crippen LogP contribution in [-0.2, 0) is 11.3 Å². The lowest BCUT2D eigenvalue weighted by Crippen LogP contribution is -2.30. The van der Waals surface area contributed by atoms with Gasteiger partial charge in [-0.1, -0.05) is 30.3 Å². The molecule has 0 aromatic heterocycles. The van der Waals surface area contributed by atoms with Crippen molar-refractivity contribution in [2.45, 2.75) is 32.4 Å². The monoisotopic (exact) mass is 366 g/mol. The number of methoxy groups -OCH3 is 1. The molecule has 2 aromatic carbocycles. The third kappa shape index (κ3) is 4.13. The molecule has 2 aromatic rings. The van der Waals surface area contributed by atoms with Gasteiger partial charge in [0.2, 0.25) is 5.91 Å². The number of para-hydroxylation sites is 1. The van der Waals surface area contributed by atoms with E-state index in [-0.39, 0.29) is 17.9 Å². The Morgan fingerprint density at radius 1 is 1.19 bits per heavy atom. The Balaban J connectivity index is 1.70. The maximum atomic E-state index is 12.9. The standard InChI is InChI=1S/C22H26N2O3/c1-16(19-7-4-5-8-20(19)27-3)23(2)22(26)18-12-10-17(11-13-18)15-24-14-6-9-21(24)25/h4-5,7-8,10-13,16H,6,9,14-15H2,1-3H3/t16-/m0/s1. The molecule has 142 valence electrons. The molecule has 1 atom stereocenters. The number of rotatable bonds is 6. The van der Waals surface area contributed by atoms with Crippen molar-refractivity contribution in [2.24, 2.45) is 0 Å². The molecule has 3 rings (SSSR count). The number of carbonyl (C=O) groups is 2. The fourth-order valence-electron chi connectivity index (χ4n) is 3.44. The first-order chi connectivity index (χ1) is 13.0. The lowest BCUT2D eigenvalue weighted by atomic mass is 10.0. The summed E-state index contributed by atoms with van der Waals surface area (Å²) < 4.78 is 5.42. The van der Waals surface area contributed by atoms with Crippen LogP contribution in [0.3, 0.4) is 0 Å². The van der Waals surface area contributed by atoms with Gasteiger partial charge in [-0.25, -0.2) is 0 Å². The highest BCUT2D eigenvalue weighted by molar-refractivity contribution is 5.94. The molecule has 1 fully saturated rings. The molecular formula is C22H26N2O3. The van der Waals surface area contributed by atoms with Crippen molar-refractivity contribution in [3.8, 4) is 5.75 Å². The van der Waals surface area contributed by atoms with Gasteiger partial charge in [-0.05, 0) is 37.1 Å². The molecule has 0 bridgehead atoms. The summed E-state index contributed by atoms with van der Waals surface area (Å²) in [5.41, 5.74) is 2.65. The van der Waals surface area contributed by atoms with Crippen molar-refractivity contribution in [3.05, 3.63) is 65.2 Å². The molecule has 1 aliphatic heterocycles. The fourth-order valence-corrected chi connectivity index (χ4v) is 3.44. The fraction of sp³-hybridized carbons (Fsp3) is 0.364. The zero-order chi connectivity index (χ0) is 19.4. The van der Waals surface area contributed by atoms with Crippen molar-refractivity contribution in [2.75, 3.05) is 20.7 Å². The summed E-state index contributed by atoms with van der Waals surface area (Å²) in [6.45, 7) is 3.42. The number of benzene rings is 2. The van der Waals surface area contributed by atoms with Crippen LogP contribution >= 0.6 is 0 Å². The summed E-state index contributed by atoms with van der Waals surface area (Å²) in [5, 5.41) is 0. The molecule has 0 radical (unpaired) electrons. The molecule has 1 heterocycles. The van der Waals surface area contributed by atoms with E-state index in [0.29, 0.717) is 18.5 Å². The molecule has 0 spiro atoms. The Morgan fingerprint density at radius 3 is 2.52 bits per heavy atom. The minimum Gasteiger partial charge on any atom is -0.496 e. The second-order valence-electron chi connectivity index (χ2n) is 6.95. The summed E-state index contributed by atoms with van der Waals surface area (Å²) in [7, 11) is 3.44. The average molecular weight is 366 g/mol. The smallest absolute Gasteiger partial charge is 0.254 e. The lowest BCUT2D eigenvalue weighted by molar-refractivity contribution is -0.128. The molecule has 1 aliphatic rings. The molecule has 0 aliphatic carbocycles. The van der Waals surface area contributed by atoms with Gasteiger partial charge in [0, 0.05) is 37.7 Å². The molecule has 0 unspecified atom stereocenters. The van der Waals surface area contributed by atoms with E-state index < -0.39 is 0 Å². The molecule has 27 heavy (non-hydrogen) atoms. The summed E-state index contributed by atoms with van der Waals surface area (Å²) in [4.78, 5) is 28.2. The van der Waals surface area contributed by atoms with Crippen molar-refractivity contribution in [1.82, 2.24) is 9.80 Å². The van der Waals surface area contributed by atoms with Crippen LogP contribution in [0.5, 0.6) is 5.75 Å². The highest BCUT2D eigenvalue weighted by Gasteiger charge is 2.22. The summed E-state index contributed by atoms with van der Waals surface area (Å²) >= 11 is 0. The zero-order valence-electron chi connectivity index (χ0n) is 16.1. The van der Waals surface area contributed by atoms with Crippen molar-refractivity contribution in [1.29, 1.82) is 0 Å². The first-order valence-corrected chi connectivity index (χ1v) is 9.28. The number of ether oxygens (including phenoxy) is 1. The van der Waals surface area contributed by atoms with Gasteiger partial charge < -0.3 is 14.5 Å². The Kier molecular flexibility index (Phi) is 5.79. The first-order valence-electron chi connectivity index (χ1n) is 9.28. The second-order valence-corrected chi connectivity index (χ2v) is 6.95. The number of likely N-dealkylation sites (tertiary alicyclic amines) is 1. The maximum Gasteiger partial charge on any atom is 0.254 e. The van der Waals surface area contributed by atoms with E-state index in [9.17, 15) is 9.59 Å². The molecule has 0 saturated carbocycles. The average Bonchev–Trinajstić information content (AvgIpc) is 3.11. The molecular weight excluding hydrogens is 340 g/mol. The van der Waals surface area contributed by atoms with E-state index in [2.05, 4.69) is 0 Å². The number of nitrogens with zero attached hydrogens (tertiary/aromatic N) is 2. The predicted octanol–water partition coefficient (Wildman–Crippen LogP) is 3.65. The van der Waals surface area contributed by atoms with Crippen molar-refractivity contribution >= 4 is 11.8 Å². The lowest BCUT2D eigenvalue weighted by Gasteiger charge is -2.26. The Labute approximate surface area is 160 Å². The Bertz CT molecular complexity index is 817. The highest BCUT2D eigenvalue weighted by atomic mass is 16.5. The zero-order valence-corrected chi connectivity index (χ0v) is 16.1. The van der Waals surface area contributed by atoms with E-state index in [1.807, 2.05) is 60.4 Å². The van der Waals surface area contributed by atoms with E-state index in [1.54, 1.807) is 19.1 Å². The van der Waals surface area contributed by atoms with Crippen LogP contribution in [-0.4, -0.2) is 42.3 Å². The van der Waals surface area contributed by atoms with Gasteiger partial charge in [0.05, 0.1) is 13.2 Å². The topological polar surface area (TPSA) is 49.9 Å². The molecule has 1 saturated heterocycles. The number of hydrogen-bond donors (Lipinski definition) is 0.